The van der Waals surface area contributed by atoms with E-state index in [-0.39, 0.29) is 37.0 Å². The van der Waals surface area contributed by atoms with Crippen LogP contribution < -0.4 is 16.4 Å². The molecule has 7 atom stereocenters. The second-order valence-corrected chi connectivity index (χ2v) is 9.95. The van der Waals surface area contributed by atoms with Gasteiger partial charge in [-0.2, -0.15) is 11.8 Å². The van der Waals surface area contributed by atoms with Crippen molar-refractivity contribution in [2.24, 2.45) is 0 Å². The van der Waals surface area contributed by atoms with Crippen LogP contribution in [0.1, 0.15) is 31.9 Å². The highest BCUT2D eigenvalue weighted by Crippen LogP contribution is 2.34. The van der Waals surface area contributed by atoms with E-state index in [1.165, 1.54) is 17.2 Å². The lowest BCUT2D eigenvalue weighted by atomic mass is 10.0. The van der Waals surface area contributed by atoms with E-state index in [4.69, 9.17) is 15.2 Å². The number of nitrogens with one attached hydrogen (secondary N) is 2. The minimum atomic E-state index is -1.27. The van der Waals surface area contributed by atoms with E-state index in [1.54, 1.807) is 0 Å². The van der Waals surface area contributed by atoms with Gasteiger partial charge in [-0.25, -0.2) is 19.7 Å². The Kier molecular flexibility index (Phi) is 6.46. The number of aliphatic hydroxyl groups excluding tert-OH is 2. The summed E-state index contributed by atoms with van der Waals surface area (Å²) >= 11 is 1.84. The van der Waals surface area contributed by atoms with Crippen LogP contribution in [0.3, 0.4) is 0 Å². The van der Waals surface area contributed by atoms with Gasteiger partial charge in [0.1, 0.15) is 36.8 Å². The molecule has 3 aliphatic heterocycles. The predicted molar refractivity (Wildman–Crippen MR) is 121 cm³/mol. The number of fused-ring (bicyclic) bond motifs is 2. The number of anilines is 1. The van der Waals surface area contributed by atoms with Gasteiger partial charge in [0.2, 0.25) is 0 Å². The van der Waals surface area contributed by atoms with Gasteiger partial charge in [-0.15, -0.1) is 0 Å². The van der Waals surface area contributed by atoms with Crippen molar-refractivity contribution in [1.82, 2.24) is 30.2 Å². The summed E-state index contributed by atoms with van der Waals surface area (Å²) in [6.07, 6.45) is 0.957. The number of imidazole rings is 1. The van der Waals surface area contributed by atoms with E-state index in [1.807, 2.05) is 11.8 Å². The molecule has 0 saturated carbocycles. The molecular formula is C20H27N7O6S. The van der Waals surface area contributed by atoms with Gasteiger partial charge in [-0.3, -0.25) is 9.36 Å². The minimum absolute atomic E-state index is 0.105. The molecular weight excluding hydrogens is 466 g/mol. The number of carbonyl (C=O) groups is 2. The van der Waals surface area contributed by atoms with Crippen molar-refractivity contribution in [1.29, 1.82) is 0 Å². The predicted octanol–water partition coefficient (Wildman–Crippen LogP) is -0.703. The van der Waals surface area contributed by atoms with Gasteiger partial charge in [0, 0.05) is 17.4 Å². The molecule has 0 aromatic carbocycles. The molecule has 0 radical (unpaired) electrons. The first-order valence-electron chi connectivity index (χ1n) is 11.2. The number of rotatable bonds is 8. The molecule has 2 amide bonds. The molecule has 6 N–H and O–H groups in total. The molecule has 14 heteroatoms. The van der Waals surface area contributed by atoms with E-state index in [0.717, 1.165) is 18.6 Å². The Morgan fingerprint density at radius 1 is 1.26 bits per heavy atom. The van der Waals surface area contributed by atoms with Crippen molar-refractivity contribution >= 4 is 40.7 Å². The van der Waals surface area contributed by atoms with Gasteiger partial charge in [-0.05, 0) is 12.8 Å². The SMILES string of the molecule is Nc1ncnc2c1ncn2[C@@H]1O[C@H](COC(=O)CCCC[C@@H]2SC[C@@H]3NC(=O)N[C@@H]32)C(O)C1O. The maximum absolute atomic E-state index is 12.2. The van der Waals surface area contributed by atoms with Crippen LogP contribution in [0.25, 0.3) is 11.2 Å². The van der Waals surface area contributed by atoms with Gasteiger partial charge < -0.3 is 36.1 Å². The second-order valence-electron chi connectivity index (χ2n) is 8.68. The van der Waals surface area contributed by atoms with Crippen LogP contribution in [0.2, 0.25) is 0 Å². The van der Waals surface area contributed by atoms with Gasteiger partial charge >= 0.3 is 12.0 Å². The molecule has 3 saturated heterocycles. The summed E-state index contributed by atoms with van der Waals surface area (Å²) in [5, 5.41) is 27.1. The largest absolute Gasteiger partial charge is 0.463 e. The standard InChI is InChI=1S/C20H27N7O6S/c21-17-14-18(23-7-22-17)27(8-24-14)19-16(30)15(29)10(33-19)5-32-12(28)4-2-1-3-11-13-9(6-34-11)25-20(31)26-13/h7-11,13,15-16,19,29-30H,1-6H2,(H2,21,22,23)(H2,25,26,31)/t9-,10+,11-,13-,15?,16?,19+/m0/s1. The molecule has 3 fully saturated rings. The maximum atomic E-state index is 12.2. The van der Waals surface area contributed by atoms with E-state index >= 15 is 0 Å². The fourth-order valence-electron chi connectivity index (χ4n) is 4.66. The van der Waals surface area contributed by atoms with Crippen LogP contribution in [0.5, 0.6) is 0 Å². The number of esters is 1. The highest BCUT2D eigenvalue weighted by molar-refractivity contribution is 8.00. The maximum Gasteiger partial charge on any atom is 0.315 e. The van der Waals surface area contributed by atoms with Crippen molar-refractivity contribution in [2.75, 3.05) is 18.1 Å². The number of hydrogen-bond acceptors (Lipinski definition) is 11. The second kappa shape index (κ2) is 9.52. The molecule has 13 nitrogen and oxygen atoms in total. The Morgan fingerprint density at radius 2 is 2.12 bits per heavy atom. The molecule has 5 heterocycles. The van der Waals surface area contributed by atoms with Crippen molar-refractivity contribution in [3.05, 3.63) is 12.7 Å². The number of thioether (sulfide) groups is 1. The van der Waals surface area contributed by atoms with Gasteiger partial charge in [0.15, 0.2) is 17.7 Å². The smallest absolute Gasteiger partial charge is 0.315 e. The number of nitrogens with zero attached hydrogens (tertiary/aromatic N) is 4. The zero-order chi connectivity index (χ0) is 23.8. The van der Waals surface area contributed by atoms with Crippen LogP contribution in [0.15, 0.2) is 12.7 Å². The first-order chi connectivity index (χ1) is 16.4. The molecule has 0 aliphatic carbocycles. The molecule has 2 aromatic heterocycles. The summed E-state index contributed by atoms with van der Waals surface area (Å²) < 4.78 is 12.5. The molecule has 5 rings (SSSR count). The summed E-state index contributed by atoms with van der Waals surface area (Å²) in [4.78, 5) is 35.8. The van der Waals surface area contributed by atoms with Gasteiger partial charge in [-0.1, -0.05) is 6.42 Å². The molecule has 0 bridgehead atoms. The summed E-state index contributed by atoms with van der Waals surface area (Å²) in [7, 11) is 0. The lowest BCUT2D eigenvalue weighted by molar-refractivity contribution is -0.150. The van der Waals surface area contributed by atoms with Crippen LogP contribution in [0.4, 0.5) is 10.6 Å². The van der Waals surface area contributed by atoms with Crippen LogP contribution >= 0.6 is 11.8 Å². The number of carbonyl (C=O) groups excluding carboxylic acids is 2. The minimum Gasteiger partial charge on any atom is -0.463 e. The summed E-state index contributed by atoms with van der Waals surface area (Å²) in [5.74, 6) is 0.704. The van der Waals surface area contributed by atoms with Crippen LogP contribution in [-0.2, 0) is 14.3 Å². The average molecular weight is 494 g/mol. The molecule has 34 heavy (non-hydrogen) atoms. The third-order valence-corrected chi connectivity index (χ3v) is 7.97. The van der Waals surface area contributed by atoms with Crippen LogP contribution in [0, 0.1) is 0 Å². The Labute approximate surface area is 198 Å². The third-order valence-electron chi connectivity index (χ3n) is 6.46. The lowest BCUT2D eigenvalue weighted by Gasteiger charge is -2.17. The number of aromatic nitrogens is 4. The highest BCUT2D eigenvalue weighted by Gasteiger charge is 2.45. The quantitative estimate of drug-likeness (QED) is 0.178. The zero-order valence-corrected chi connectivity index (χ0v) is 19.1. The first kappa shape index (κ1) is 23.1. The fraction of sp³-hybridized carbons (Fsp3) is 0.650. The number of aliphatic hydroxyl groups is 2. The van der Waals surface area contributed by atoms with Crippen LogP contribution in [-0.4, -0.2) is 89.7 Å². The molecule has 2 aromatic rings. The molecule has 0 spiro atoms. The topological polar surface area (TPSA) is 187 Å². The van der Waals surface area contributed by atoms with Gasteiger partial charge in [0.25, 0.3) is 0 Å². The Bertz CT molecular complexity index is 1070. The first-order valence-corrected chi connectivity index (χ1v) is 12.3. The Hall–Kier alpha value is -2.68. The number of nitrogen functional groups attached to an aromatic ring is 1. The summed E-state index contributed by atoms with van der Waals surface area (Å²) in [5.41, 5.74) is 6.52. The number of amides is 2. The molecule has 3 aliphatic rings. The van der Waals surface area contributed by atoms with Crippen molar-refractivity contribution in [3.63, 3.8) is 0 Å². The zero-order valence-electron chi connectivity index (χ0n) is 18.2. The van der Waals surface area contributed by atoms with Crippen molar-refractivity contribution in [3.8, 4) is 0 Å². The Morgan fingerprint density at radius 3 is 2.97 bits per heavy atom. The normalized spacial score (nSPS) is 32.5. The molecule has 2 unspecified atom stereocenters. The number of nitrogens with two attached hydrogens (primary N) is 1. The Balaban J connectivity index is 1.07. The van der Waals surface area contributed by atoms with E-state index in [0.29, 0.717) is 22.8 Å². The van der Waals surface area contributed by atoms with E-state index in [9.17, 15) is 19.8 Å². The van der Waals surface area contributed by atoms with Crippen molar-refractivity contribution in [2.45, 2.75) is 67.6 Å². The number of unbranched alkanes of at least 4 members (excludes halogenated alkanes) is 1. The average Bonchev–Trinajstić information content (AvgIpc) is 3.56. The summed E-state index contributed by atoms with van der Waals surface area (Å²) in [6.45, 7) is -0.183. The number of urea groups is 1. The highest BCUT2D eigenvalue weighted by atomic mass is 32.2. The monoisotopic (exact) mass is 493 g/mol. The molecule has 184 valence electrons. The van der Waals surface area contributed by atoms with E-state index < -0.39 is 30.5 Å². The fourth-order valence-corrected chi connectivity index (χ4v) is 6.20. The van der Waals surface area contributed by atoms with Crippen molar-refractivity contribution < 1.29 is 29.3 Å². The third kappa shape index (κ3) is 4.37. The van der Waals surface area contributed by atoms with E-state index in [2.05, 4.69) is 25.6 Å². The van der Waals surface area contributed by atoms with Gasteiger partial charge in [0.05, 0.1) is 18.4 Å². The number of hydrogen-bond donors (Lipinski definition) is 5. The number of ether oxygens (including phenoxy) is 2. The summed E-state index contributed by atoms with van der Waals surface area (Å²) in [6, 6.07) is 0.237. The lowest BCUT2D eigenvalue weighted by Crippen LogP contribution is -2.36.